The van der Waals surface area contributed by atoms with Gasteiger partial charge in [-0.3, -0.25) is 0 Å². The average Bonchev–Trinajstić information content (AvgIpc) is 3.56. The van der Waals surface area contributed by atoms with Crippen molar-refractivity contribution in [1.82, 2.24) is 10.2 Å². The predicted octanol–water partition coefficient (Wildman–Crippen LogP) is 3.67. The number of nitrogens with zero attached hydrogens (tertiary/aromatic N) is 1. The summed E-state index contributed by atoms with van der Waals surface area (Å²) in [6.07, 6.45) is 5.66. The van der Waals surface area contributed by atoms with Crippen molar-refractivity contribution in [3.8, 4) is 11.5 Å². The molecule has 0 radical (unpaired) electrons. The van der Waals surface area contributed by atoms with Crippen molar-refractivity contribution in [2.45, 2.75) is 43.9 Å². The molecule has 0 atom stereocenters. The van der Waals surface area contributed by atoms with Gasteiger partial charge in [0.1, 0.15) is 0 Å². The van der Waals surface area contributed by atoms with Crippen molar-refractivity contribution in [2.75, 3.05) is 46.2 Å². The Kier molecular flexibility index (Phi) is 6.01. The van der Waals surface area contributed by atoms with E-state index in [0.29, 0.717) is 25.9 Å². The van der Waals surface area contributed by atoms with Crippen LogP contribution in [0.1, 0.15) is 42.4 Å². The average molecular weight is 451 g/mol. The summed E-state index contributed by atoms with van der Waals surface area (Å²) in [6.45, 7) is 6.25. The Hall–Kier alpha value is -2.12. The highest BCUT2D eigenvalue weighted by Crippen LogP contribution is 2.44. The first-order chi connectivity index (χ1) is 16.3. The summed E-state index contributed by atoms with van der Waals surface area (Å²) in [5, 5.41) is 3.49. The third-order valence-corrected chi connectivity index (χ3v) is 7.81. The fraction of sp³-hybridized carbons (Fsp3) is 0.556. The van der Waals surface area contributed by atoms with Crippen LogP contribution in [0, 0.1) is 5.92 Å². The van der Waals surface area contributed by atoms with Crippen molar-refractivity contribution in [3.05, 3.63) is 59.2 Å². The van der Waals surface area contributed by atoms with Crippen LogP contribution >= 0.6 is 0 Å². The summed E-state index contributed by atoms with van der Waals surface area (Å²) in [7, 11) is 0. The molecule has 4 heterocycles. The molecule has 0 aliphatic carbocycles. The molecule has 0 saturated carbocycles. The van der Waals surface area contributed by atoms with E-state index in [4.69, 9.17) is 18.9 Å². The van der Waals surface area contributed by atoms with E-state index in [9.17, 15) is 0 Å². The van der Waals surface area contributed by atoms with Gasteiger partial charge in [0.25, 0.3) is 0 Å². The molecule has 0 unspecified atom stereocenters. The maximum Gasteiger partial charge on any atom is 0.231 e. The van der Waals surface area contributed by atoms with Crippen LogP contribution < -0.4 is 14.8 Å². The summed E-state index contributed by atoms with van der Waals surface area (Å²) < 4.78 is 23.7. The summed E-state index contributed by atoms with van der Waals surface area (Å²) in [4.78, 5) is 2.70. The largest absolute Gasteiger partial charge is 0.454 e. The highest BCUT2D eigenvalue weighted by Gasteiger charge is 2.47. The van der Waals surface area contributed by atoms with E-state index >= 15 is 0 Å². The second-order valence-corrected chi connectivity index (χ2v) is 9.72. The molecule has 2 aromatic rings. The van der Waals surface area contributed by atoms with Crippen molar-refractivity contribution < 1.29 is 18.9 Å². The predicted molar refractivity (Wildman–Crippen MR) is 126 cm³/mol. The fourth-order valence-corrected chi connectivity index (χ4v) is 6.02. The molecule has 2 aromatic carbocycles. The molecule has 33 heavy (non-hydrogen) atoms. The van der Waals surface area contributed by atoms with E-state index in [1.807, 2.05) is 6.07 Å². The topological polar surface area (TPSA) is 52.2 Å². The minimum absolute atomic E-state index is 0.312. The van der Waals surface area contributed by atoms with Gasteiger partial charge in [-0.1, -0.05) is 30.3 Å². The van der Waals surface area contributed by atoms with Crippen molar-refractivity contribution in [1.29, 1.82) is 0 Å². The molecule has 6 rings (SSSR count). The number of hydrogen-bond acceptors (Lipinski definition) is 6. The van der Waals surface area contributed by atoms with Crippen molar-refractivity contribution in [3.63, 3.8) is 0 Å². The number of hydrogen-bond donors (Lipinski definition) is 1. The second-order valence-electron chi connectivity index (χ2n) is 9.72. The lowest BCUT2D eigenvalue weighted by atomic mass is 9.83. The van der Waals surface area contributed by atoms with E-state index in [0.717, 1.165) is 68.5 Å². The summed E-state index contributed by atoms with van der Waals surface area (Å²) in [5.74, 6) is 1.49. The van der Waals surface area contributed by atoms with Gasteiger partial charge < -0.3 is 29.2 Å². The summed E-state index contributed by atoms with van der Waals surface area (Å²) >= 11 is 0. The van der Waals surface area contributed by atoms with E-state index in [1.165, 1.54) is 24.0 Å². The number of ether oxygens (including phenoxy) is 4. The van der Waals surface area contributed by atoms with Crippen LogP contribution in [0.4, 0.5) is 0 Å². The normalized spacial score (nSPS) is 23.8. The zero-order valence-corrected chi connectivity index (χ0v) is 19.3. The van der Waals surface area contributed by atoms with Gasteiger partial charge in [0.05, 0.1) is 13.2 Å². The Bertz CT molecular complexity index is 943. The molecule has 3 fully saturated rings. The molecule has 3 saturated heterocycles. The lowest BCUT2D eigenvalue weighted by molar-refractivity contribution is -0.215. The van der Waals surface area contributed by atoms with Crippen molar-refractivity contribution in [2.24, 2.45) is 5.92 Å². The zero-order chi connectivity index (χ0) is 22.1. The van der Waals surface area contributed by atoms with Gasteiger partial charge in [-0.25, -0.2) is 0 Å². The van der Waals surface area contributed by atoms with Gasteiger partial charge in [0, 0.05) is 17.5 Å². The number of benzene rings is 2. The molecule has 0 spiro atoms. The maximum atomic E-state index is 6.37. The van der Waals surface area contributed by atoms with Gasteiger partial charge in [-0.2, -0.15) is 0 Å². The van der Waals surface area contributed by atoms with Crippen LogP contribution in [-0.4, -0.2) is 57.1 Å². The van der Waals surface area contributed by atoms with Crippen LogP contribution in [0.5, 0.6) is 11.5 Å². The van der Waals surface area contributed by atoms with Crippen LogP contribution in [-0.2, 0) is 21.7 Å². The van der Waals surface area contributed by atoms with Gasteiger partial charge in [0.2, 0.25) is 6.79 Å². The van der Waals surface area contributed by atoms with Crippen LogP contribution in [0.2, 0.25) is 0 Å². The smallest absolute Gasteiger partial charge is 0.231 e. The Morgan fingerprint density at radius 2 is 1.52 bits per heavy atom. The lowest BCUT2D eigenvalue weighted by Crippen LogP contribution is -2.49. The molecule has 6 heteroatoms. The minimum Gasteiger partial charge on any atom is -0.454 e. The molecule has 0 amide bonds. The molecule has 4 aliphatic heterocycles. The monoisotopic (exact) mass is 450 g/mol. The fourth-order valence-electron chi connectivity index (χ4n) is 6.02. The molecule has 6 nitrogen and oxygen atoms in total. The van der Waals surface area contributed by atoms with Gasteiger partial charge in [-0.15, -0.1) is 0 Å². The number of fused-ring (bicyclic) bond motifs is 1. The lowest BCUT2D eigenvalue weighted by Gasteiger charge is -2.44. The zero-order valence-electron chi connectivity index (χ0n) is 19.3. The number of rotatable bonds is 5. The van der Waals surface area contributed by atoms with E-state index < -0.39 is 5.79 Å². The van der Waals surface area contributed by atoms with Crippen molar-refractivity contribution >= 4 is 0 Å². The van der Waals surface area contributed by atoms with Gasteiger partial charge in [0.15, 0.2) is 17.3 Å². The number of nitrogens with one attached hydrogen (secondary N) is 1. The van der Waals surface area contributed by atoms with Gasteiger partial charge >= 0.3 is 0 Å². The SMILES string of the molecule is c1cc(C2(C3CCN(C4CCNCC4)CC3)OCCO2)ccc1Cc1ccc2c(c1)OCO2. The molecule has 1 N–H and O–H groups in total. The second kappa shape index (κ2) is 9.26. The third kappa shape index (κ3) is 4.26. The Morgan fingerprint density at radius 1 is 0.818 bits per heavy atom. The highest BCUT2D eigenvalue weighted by atomic mass is 16.7. The van der Waals surface area contributed by atoms with E-state index in [2.05, 4.69) is 46.6 Å². The Morgan fingerprint density at radius 3 is 2.27 bits per heavy atom. The summed E-state index contributed by atoms with van der Waals surface area (Å²) in [6, 6.07) is 15.8. The molecule has 0 aromatic heterocycles. The standard InChI is InChI=1S/C27H34N2O4/c1-4-22(5-2-20(1)17-21-3-6-25-26(18-21)31-19-30-25)27(32-15-16-33-27)23-9-13-29(14-10-23)24-7-11-28-12-8-24/h1-6,18,23-24,28H,7-17,19H2. The Labute approximate surface area is 196 Å². The molecular weight excluding hydrogens is 416 g/mol. The first-order valence-corrected chi connectivity index (χ1v) is 12.5. The molecule has 176 valence electrons. The molecule has 4 aliphatic rings. The molecule has 0 bridgehead atoms. The Balaban J connectivity index is 1.14. The third-order valence-electron chi connectivity index (χ3n) is 7.81. The molecular formula is C27H34N2O4. The van der Waals surface area contributed by atoms with E-state index in [1.54, 1.807) is 0 Å². The summed E-state index contributed by atoms with van der Waals surface area (Å²) in [5.41, 5.74) is 3.65. The van der Waals surface area contributed by atoms with E-state index in [-0.39, 0.29) is 0 Å². The van der Waals surface area contributed by atoms with Crippen LogP contribution in [0.3, 0.4) is 0 Å². The first-order valence-electron chi connectivity index (χ1n) is 12.5. The maximum absolute atomic E-state index is 6.37. The number of likely N-dealkylation sites (tertiary alicyclic amines) is 1. The minimum atomic E-state index is -0.586. The number of piperidine rings is 2. The first kappa shape index (κ1) is 21.4. The van der Waals surface area contributed by atoms with Crippen LogP contribution in [0.15, 0.2) is 42.5 Å². The highest BCUT2D eigenvalue weighted by molar-refractivity contribution is 5.45. The quantitative estimate of drug-likeness (QED) is 0.750. The van der Waals surface area contributed by atoms with Crippen LogP contribution in [0.25, 0.3) is 0 Å². The van der Waals surface area contributed by atoms with Gasteiger partial charge in [-0.05, 0) is 81.5 Å².